The Kier molecular flexibility index (Phi) is 4.44. The average Bonchev–Trinajstić information content (AvgIpc) is 3.26. The summed E-state index contributed by atoms with van der Waals surface area (Å²) in [4.78, 5) is 19.1. The van der Waals surface area contributed by atoms with Crippen LogP contribution in [0, 0.1) is 13.8 Å². The van der Waals surface area contributed by atoms with Crippen molar-refractivity contribution in [3.05, 3.63) is 58.0 Å². The van der Waals surface area contributed by atoms with Crippen molar-refractivity contribution in [3.8, 4) is 11.3 Å². The minimum absolute atomic E-state index is 0.200. The summed E-state index contributed by atoms with van der Waals surface area (Å²) in [5.41, 5.74) is 3.50. The van der Waals surface area contributed by atoms with Crippen LogP contribution in [0.3, 0.4) is 0 Å². The molecule has 0 bridgehead atoms. The highest BCUT2D eigenvalue weighted by molar-refractivity contribution is 5.62. The van der Waals surface area contributed by atoms with Gasteiger partial charge in [-0.1, -0.05) is 5.16 Å². The molecule has 5 heterocycles. The molecule has 0 unspecified atom stereocenters. The third-order valence-corrected chi connectivity index (χ3v) is 5.85. The summed E-state index contributed by atoms with van der Waals surface area (Å²) in [6.45, 7) is 5.70. The van der Waals surface area contributed by atoms with Gasteiger partial charge in [0.25, 0.3) is 5.56 Å². The maximum absolute atomic E-state index is 12.7. The predicted octanol–water partition coefficient (Wildman–Crippen LogP) is 1.30. The van der Waals surface area contributed by atoms with E-state index in [2.05, 4.69) is 15.2 Å². The van der Waals surface area contributed by atoms with Crippen LogP contribution in [0.4, 0.5) is 5.69 Å². The van der Waals surface area contributed by atoms with Crippen molar-refractivity contribution in [1.82, 2.24) is 19.9 Å². The Morgan fingerprint density at radius 3 is 2.77 bits per heavy atom. The molecule has 1 N–H and O–H groups in total. The van der Waals surface area contributed by atoms with Gasteiger partial charge >= 0.3 is 0 Å². The number of aliphatic hydroxyl groups is 1. The molecule has 156 valence electrons. The number of ether oxygens (including phenoxy) is 1. The number of hydrogen-bond donors (Lipinski definition) is 1. The lowest BCUT2D eigenvalue weighted by atomic mass is 9.90. The number of aryl methyl sites for hydroxylation is 2. The summed E-state index contributed by atoms with van der Waals surface area (Å²) in [6.07, 6.45) is 3.67. The maximum atomic E-state index is 12.7. The van der Waals surface area contributed by atoms with Gasteiger partial charge in [-0.05, 0) is 26.0 Å². The largest absolute Gasteiger partial charge is 0.391 e. The summed E-state index contributed by atoms with van der Waals surface area (Å²) in [5, 5.41) is 18.2. The van der Waals surface area contributed by atoms with Crippen LogP contribution in [0.1, 0.15) is 23.4 Å². The molecule has 3 aromatic rings. The molecule has 0 amide bonds. The number of aliphatic hydroxyl groups excluding tert-OH is 1. The van der Waals surface area contributed by atoms with E-state index in [1.54, 1.807) is 18.5 Å². The van der Waals surface area contributed by atoms with E-state index in [1.165, 1.54) is 4.68 Å². The molecule has 0 radical (unpaired) electrons. The van der Waals surface area contributed by atoms with E-state index in [0.29, 0.717) is 37.6 Å². The fourth-order valence-electron chi connectivity index (χ4n) is 4.15. The zero-order valence-corrected chi connectivity index (χ0v) is 16.9. The molecule has 3 aromatic heterocycles. The monoisotopic (exact) mass is 409 g/mol. The minimum Gasteiger partial charge on any atom is -0.391 e. The van der Waals surface area contributed by atoms with Gasteiger partial charge in [-0.15, -0.1) is 0 Å². The molecule has 2 saturated heterocycles. The van der Waals surface area contributed by atoms with E-state index in [0.717, 1.165) is 22.5 Å². The quantitative estimate of drug-likeness (QED) is 0.687. The minimum atomic E-state index is -0.400. The first-order valence-corrected chi connectivity index (χ1v) is 9.95. The number of rotatable bonds is 4. The van der Waals surface area contributed by atoms with Crippen molar-refractivity contribution < 1.29 is 14.4 Å². The smallest absolute Gasteiger partial charge is 0.269 e. The summed E-state index contributed by atoms with van der Waals surface area (Å²) >= 11 is 0. The van der Waals surface area contributed by atoms with Crippen molar-refractivity contribution in [1.29, 1.82) is 0 Å². The molecule has 9 heteroatoms. The molecule has 0 saturated carbocycles. The number of anilines is 1. The van der Waals surface area contributed by atoms with E-state index in [-0.39, 0.29) is 17.7 Å². The van der Waals surface area contributed by atoms with Gasteiger partial charge in [-0.25, -0.2) is 4.68 Å². The normalized spacial score (nSPS) is 20.0. The second-order valence-electron chi connectivity index (χ2n) is 8.17. The molecule has 0 aliphatic carbocycles. The molecule has 30 heavy (non-hydrogen) atoms. The van der Waals surface area contributed by atoms with Gasteiger partial charge in [-0.2, -0.15) is 5.10 Å². The molecular formula is C21H23N5O4. The van der Waals surface area contributed by atoms with Crippen molar-refractivity contribution in [2.24, 2.45) is 0 Å². The molecule has 1 atom stereocenters. The first-order valence-electron chi connectivity index (χ1n) is 9.95. The van der Waals surface area contributed by atoms with Crippen LogP contribution < -0.4 is 10.5 Å². The molecule has 2 aliphatic heterocycles. The highest BCUT2D eigenvalue weighted by atomic mass is 16.5. The fourth-order valence-corrected chi connectivity index (χ4v) is 4.15. The van der Waals surface area contributed by atoms with Gasteiger partial charge in [0.15, 0.2) is 0 Å². The zero-order chi connectivity index (χ0) is 20.9. The van der Waals surface area contributed by atoms with Crippen molar-refractivity contribution in [3.63, 3.8) is 0 Å². The van der Waals surface area contributed by atoms with Crippen molar-refractivity contribution in [2.45, 2.75) is 38.5 Å². The Morgan fingerprint density at radius 1 is 1.27 bits per heavy atom. The third-order valence-electron chi connectivity index (χ3n) is 5.85. The van der Waals surface area contributed by atoms with Crippen LogP contribution in [-0.4, -0.2) is 56.4 Å². The van der Waals surface area contributed by atoms with Crippen LogP contribution in [0.5, 0.6) is 0 Å². The molecular weight excluding hydrogens is 386 g/mol. The Labute approximate surface area is 172 Å². The lowest BCUT2D eigenvalue weighted by molar-refractivity contribution is -0.0200. The van der Waals surface area contributed by atoms with Gasteiger partial charge in [0, 0.05) is 48.6 Å². The van der Waals surface area contributed by atoms with Crippen LogP contribution >= 0.6 is 0 Å². The summed E-state index contributed by atoms with van der Waals surface area (Å²) < 4.78 is 12.5. The Morgan fingerprint density at radius 2 is 2.10 bits per heavy atom. The van der Waals surface area contributed by atoms with E-state index >= 15 is 0 Å². The number of nitrogens with zero attached hydrogens (tertiary/aromatic N) is 5. The summed E-state index contributed by atoms with van der Waals surface area (Å²) in [6, 6.07) is 5.43. The van der Waals surface area contributed by atoms with E-state index in [1.807, 2.05) is 30.9 Å². The van der Waals surface area contributed by atoms with Crippen molar-refractivity contribution >= 4 is 5.69 Å². The molecule has 1 spiro atoms. The molecule has 2 aliphatic rings. The Hall–Kier alpha value is -3.04. The van der Waals surface area contributed by atoms with Crippen LogP contribution in [0.2, 0.25) is 0 Å². The lowest BCUT2D eigenvalue weighted by Crippen LogP contribution is -2.62. The highest BCUT2D eigenvalue weighted by Gasteiger charge is 2.49. The number of aromatic nitrogens is 4. The second-order valence-corrected chi connectivity index (χ2v) is 8.17. The number of hydrogen-bond acceptors (Lipinski definition) is 8. The van der Waals surface area contributed by atoms with Crippen molar-refractivity contribution in [2.75, 3.05) is 24.6 Å². The summed E-state index contributed by atoms with van der Waals surface area (Å²) in [7, 11) is 0. The first-order chi connectivity index (χ1) is 14.4. The highest BCUT2D eigenvalue weighted by Crippen LogP contribution is 2.37. The van der Waals surface area contributed by atoms with Crippen LogP contribution in [0.15, 0.2) is 39.9 Å². The zero-order valence-electron chi connectivity index (χ0n) is 16.9. The molecule has 5 rings (SSSR count). The molecule has 0 aromatic carbocycles. The van der Waals surface area contributed by atoms with Gasteiger partial charge in [0.1, 0.15) is 17.1 Å². The van der Waals surface area contributed by atoms with Gasteiger partial charge in [-0.3, -0.25) is 9.78 Å². The SMILES string of the molecule is Cc1ccc(-c2noc(C)c2Cn2ncc(N3CC4(C[C@H](O)CO4)C3)cc2=O)cn1. The number of pyridine rings is 1. The predicted molar refractivity (Wildman–Crippen MR) is 108 cm³/mol. The van der Waals surface area contributed by atoms with Crippen LogP contribution in [-0.2, 0) is 11.3 Å². The van der Waals surface area contributed by atoms with Gasteiger partial charge < -0.3 is 19.3 Å². The third kappa shape index (κ3) is 3.29. The maximum Gasteiger partial charge on any atom is 0.269 e. The first kappa shape index (κ1) is 19.0. The van der Waals surface area contributed by atoms with Gasteiger partial charge in [0.05, 0.1) is 31.1 Å². The summed E-state index contributed by atoms with van der Waals surface area (Å²) in [5.74, 6) is 0.643. The Balaban J connectivity index is 1.35. The average molecular weight is 409 g/mol. The Bertz CT molecular complexity index is 1130. The van der Waals surface area contributed by atoms with E-state index in [4.69, 9.17) is 9.26 Å². The van der Waals surface area contributed by atoms with Gasteiger partial charge in [0.2, 0.25) is 0 Å². The molecule has 9 nitrogen and oxygen atoms in total. The molecule has 2 fully saturated rings. The second kappa shape index (κ2) is 7.03. The van der Waals surface area contributed by atoms with E-state index < -0.39 is 6.10 Å². The van der Waals surface area contributed by atoms with E-state index in [9.17, 15) is 9.90 Å². The van der Waals surface area contributed by atoms with Crippen LogP contribution in [0.25, 0.3) is 11.3 Å². The fraction of sp³-hybridized carbons (Fsp3) is 0.429. The standard InChI is InChI=1S/C21H23N5O4/c1-13-3-4-15(7-22-13)20-18(14(2)30-24-20)9-26-19(28)5-16(8-23-26)25-11-21(12-25)6-17(27)10-29-21/h3-5,7-8,17,27H,6,9-12H2,1-2H3/t17-/m0/s1. The topological polar surface area (TPSA) is 107 Å². The lowest BCUT2D eigenvalue weighted by Gasteiger charge is -2.48.